The number of aryl methyl sites for hydroxylation is 1. The average molecular weight is 358 g/mol. The minimum Gasteiger partial charge on any atom is -0.378 e. The molecule has 2 aromatic carbocycles. The van der Waals surface area contributed by atoms with Gasteiger partial charge < -0.3 is 5.32 Å². The lowest BCUT2D eigenvalue weighted by Crippen LogP contribution is -2.15. The van der Waals surface area contributed by atoms with Gasteiger partial charge >= 0.3 is 6.18 Å². The fraction of sp³-hybridized carbons (Fsp3) is 0.250. The molecule has 0 aliphatic carbocycles. The van der Waals surface area contributed by atoms with Gasteiger partial charge in [0.05, 0.1) is 5.56 Å². The van der Waals surface area contributed by atoms with E-state index in [2.05, 4.69) is 21.2 Å². The summed E-state index contributed by atoms with van der Waals surface area (Å²) in [5.74, 6) is 0. The summed E-state index contributed by atoms with van der Waals surface area (Å²) in [7, 11) is 0. The van der Waals surface area contributed by atoms with Crippen molar-refractivity contribution in [3.63, 3.8) is 0 Å². The van der Waals surface area contributed by atoms with Gasteiger partial charge in [-0.3, -0.25) is 0 Å². The summed E-state index contributed by atoms with van der Waals surface area (Å²) in [5.41, 5.74) is 1.48. The predicted molar refractivity (Wildman–Crippen MR) is 82.4 cm³/mol. The zero-order valence-electron chi connectivity index (χ0n) is 11.6. The van der Waals surface area contributed by atoms with E-state index in [1.54, 1.807) is 13.0 Å². The van der Waals surface area contributed by atoms with Gasteiger partial charge in [-0.25, -0.2) is 0 Å². The van der Waals surface area contributed by atoms with E-state index in [0.717, 1.165) is 21.8 Å². The molecule has 112 valence electrons. The Balaban J connectivity index is 2.28. The number of anilines is 1. The van der Waals surface area contributed by atoms with E-state index in [0.29, 0.717) is 0 Å². The number of rotatable bonds is 3. The lowest BCUT2D eigenvalue weighted by Gasteiger charge is -2.20. The van der Waals surface area contributed by atoms with E-state index in [9.17, 15) is 13.2 Å². The molecule has 1 N–H and O–H groups in total. The van der Waals surface area contributed by atoms with Crippen molar-refractivity contribution >= 4 is 21.6 Å². The molecule has 0 heterocycles. The number of nitrogens with one attached hydrogen (secondary N) is 1. The summed E-state index contributed by atoms with van der Waals surface area (Å²) in [6, 6.07) is 10.8. The van der Waals surface area contributed by atoms with Gasteiger partial charge in [0, 0.05) is 16.2 Å². The van der Waals surface area contributed by atoms with Crippen molar-refractivity contribution in [2.45, 2.75) is 26.1 Å². The molecule has 1 nitrogen and oxygen atoms in total. The van der Waals surface area contributed by atoms with Crippen LogP contribution < -0.4 is 5.32 Å². The molecule has 0 fully saturated rings. The van der Waals surface area contributed by atoms with Gasteiger partial charge in [-0.2, -0.15) is 13.2 Å². The smallest absolute Gasteiger partial charge is 0.378 e. The normalized spacial score (nSPS) is 13.0. The molecule has 2 aromatic rings. The zero-order valence-corrected chi connectivity index (χ0v) is 13.2. The number of benzene rings is 2. The van der Waals surface area contributed by atoms with Gasteiger partial charge in [-0.1, -0.05) is 40.2 Å². The topological polar surface area (TPSA) is 12.0 Å². The Hall–Kier alpha value is -1.49. The summed E-state index contributed by atoms with van der Waals surface area (Å²) in [6.07, 6.45) is -4.35. The van der Waals surface area contributed by atoms with Gasteiger partial charge in [0.25, 0.3) is 0 Å². The van der Waals surface area contributed by atoms with E-state index in [1.165, 1.54) is 12.1 Å². The molecule has 2 rings (SSSR count). The van der Waals surface area contributed by atoms with Crippen LogP contribution in [0.1, 0.15) is 29.7 Å². The quantitative estimate of drug-likeness (QED) is 0.715. The molecule has 0 radical (unpaired) electrons. The van der Waals surface area contributed by atoms with Crippen LogP contribution in [0.5, 0.6) is 0 Å². The number of hydrogen-bond donors (Lipinski definition) is 1. The maximum absolute atomic E-state index is 13.0. The van der Waals surface area contributed by atoms with Crippen LogP contribution >= 0.6 is 15.9 Å². The van der Waals surface area contributed by atoms with E-state index >= 15 is 0 Å². The highest BCUT2D eigenvalue weighted by atomic mass is 79.9. The van der Waals surface area contributed by atoms with Gasteiger partial charge in [-0.05, 0) is 43.2 Å². The second-order valence-corrected chi connectivity index (χ2v) is 5.77. The van der Waals surface area contributed by atoms with Gasteiger partial charge in [0.1, 0.15) is 0 Å². The second-order valence-electron chi connectivity index (χ2n) is 4.91. The van der Waals surface area contributed by atoms with Crippen molar-refractivity contribution in [2.24, 2.45) is 0 Å². The van der Waals surface area contributed by atoms with Crippen LogP contribution in [0.3, 0.4) is 0 Å². The third kappa shape index (κ3) is 3.79. The molecular weight excluding hydrogens is 343 g/mol. The Labute approximate surface area is 130 Å². The van der Waals surface area contributed by atoms with Crippen LogP contribution in [0.25, 0.3) is 0 Å². The van der Waals surface area contributed by atoms with E-state index in [4.69, 9.17) is 0 Å². The fourth-order valence-corrected chi connectivity index (χ4v) is 2.52. The Morgan fingerprint density at radius 2 is 1.76 bits per heavy atom. The molecule has 0 amide bonds. The van der Waals surface area contributed by atoms with Crippen molar-refractivity contribution in [3.05, 3.63) is 63.6 Å². The molecule has 0 aromatic heterocycles. The number of hydrogen-bond acceptors (Lipinski definition) is 1. The molecule has 0 spiro atoms. The SMILES string of the molecule is Cc1ccc(NC(C)c2ccccc2C(F)(F)F)cc1Br. The first-order valence-corrected chi connectivity index (χ1v) is 7.27. The number of alkyl halides is 3. The summed E-state index contributed by atoms with van der Waals surface area (Å²) in [4.78, 5) is 0. The van der Waals surface area contributed by atoms with Crippen molar-refractivity contribution in [3.8, 4) is 0 Å². The summed E-state index contributed by atoms with van der Waals surface area (Å²) in [6.45, 7) is 3.68. The van der Waals surface area contributed by atoms with E-state index in [1.807, 2.05) is 25.1 Å². The van der Waals surface area contributed by atoms with Crippen LogP contribution in [0, 0.1) is 6.92 Å². The van der Waals surface area contributed by atoms with E-state index < -0.39 is 17.8 Å². The Morgan fingerprint density at radius 3 is 2.38 bits per heavy atom. The lowest BCUT2D eigenvalue weighted by atomic mass is 10.0. The minimum absolute atomic E-state index is 0.238. The molecule has 5 heteroatoms. The monoisotopic (exact) mass is 357 g/mol. The van der Waals surface area contributed by atoms with Crippen molar-refractivity contribution in [2.75, 3.05) is 5.32 Å². The van der Waals surface area contributed by atoms with Crippen LogP contribution in [0.2, 0.25) is 0 Å². The Kier molecular flexibility index (Phi) is 4.61. The maximum Gasteiger partial charge on any atom is 0.416 e. The van der Waals surface area contributed by atoms with Gasteiger partial charge in [0.2, 0.25) is 0 Å². The maximum atomic E-state index is 13.0. The first kappa shape index (κ1) is 15.9. The summed E-state index contributed by atoms with van der Waals surface area (Å²) < 4.78 is 40.0. The summed E-state index contributed by atoms with van der Waals surface area (Å²) in [5, 5.41) is 3.11. The third-order valence-electron chi connectivity index (χ3n) is 3.29. The molecule has 21 heavy (non-hydrogen) atoms. The lowest BCUT2D eigenvalue weighted by molar-refractivity contribution is -0.138. The fourth-order valence-electron chi connectivity index (χ4n) is 2.14. The standard InChI is InChI=1S/C16H15BrF3N/c1-10-7-8-12(9-15(10)17)21-11(2)13-5-3-4-6-14(13)16(18,19)20/h3-9,11,21H,1-2H3. The van der Waals surface area contributed by atoms with Crippen LogP contribution in [0.15, 0.2) is 46.9 Å². The molecule has 1 atom stereocenters. The molecule has 0 aliphatic rings. The molecule has 0 bridgehead atoms. The highest BCUT2D eigenvalue weighted by Gasteiger charge is 2.34. The van der Waals surface area contributed by atoms with Gasteiger partial charge in [0.15, 0.2) is 0 Å². The average Bonchev–Trinajstić information content (AvgIpc) is 2.42. The highest BCUT2D eigenvalue weighted by molar-refractivity contribution is 9.10. The first-order valence-electron chi connectivity index (χ1n) is 6.48. The Morgan fingerprint density at radius 1 is 1.10 bits per heavy atom. The number of halogens is 4. The first-order chi connectivity index (χ1) is 9.79. The van der Waals surface area contributed by atoms with Gasteiger partial charge in [-0.15, -0.1) is 0 Å². The highest BCUT2D eigenvalue weighted by Crippen LogP contribution is 2.35. The molecule has 0 saturated carbocycles. The van der Waals surface area contributed by atoms with Crippen molar-refractivity contribution < 1.29 is 13.2 Å². The molecule has 1 unspecified atom stereocenters. The van der Waals surface area contributed by atoms with Crippen LogP contribution in [-0.4, -0.2) is 0 Å². The van der Waals surface area contributed by atoms with E-state index in [-0.39, 0.29) is 5.56 Å². The molecule has 0 aliphatic heterocycles. The Bertz CT molecular complexity index is 638. The minimum atomic E-state index is -4.35. The van der Waals surface area contributed by atoms with Crippen LogP contribution in [-0.2, 0) is 6.18 Å². The zero-order chi connectivity index (χ0) is 15.6. The summed E-state index contributed by atoms with van der Waals surface area (Å²) >= 11 is 3.42. The second kappa shape index (κ2) is 6.10. The molecule has 0 saturated heterocycles. The van der Waals surface area contributed by atoms with Crippen LogP contribution in [0.4, 0.5) is 18.9 Å². The molecular formula is C16H15BrF3N. The predicted octanol–water partition coefficient (Wildman–Crippen LogP) is 5.95. The largest absolute Gasteiger partial charge is 0.416 e. The third-order valence-corrected chi connectivity index (χ3v) is 4.14. The van der Waals surface area contributed by atoms with Crippen molar-refractivity contribution in [1.82, 2.24) is 0 Å². The van der Waals surface area contributed by atoms with Crippen molar-refractivity contribution in [1.29, 1.82) is 0 Å².